The third kappa shape index (κ3) is 3.44. The molecule has 1 aromatic rings. The summed E-state index contributed by atoms with van der Waals surface area (Å²) >= 11 is 0. The van der Waals surface area contributed by atoms with E-state index in [0.717, 1.165) is 25.7 Å². The first-order valence-electron chi connectivity index (χ1n) is 8.97. The summed E-state index contributed by atoms with van der Waals surface area (Å²) in [7, 11) is 0. The Morgan fingerprint density at radius 2 is 1.96 bits per heavy atom. The van der Waals surface area contributed by atoms with Gasteiger partial charge in [-0.3, -0.25) is 19.3 Å². The van der Waals surface area contributed by atoms with E-state index in [9.17, 15) is 14.4 Å². The van der Waals surface area contributed by atoms with Crippen LogP contribution in [0.15, 0.2) is 18.2 Å². The molecule has 0 radical (unpaired) electrons. The number of nitrogens with one attached hydrogen (secondary N) is 1. The highest BCUT2D eigenvalue weighted by atomic mass is 16.5. The maximum Gasteiger partial charge on any atom is 0.261 e. The van der Waals surface area contributed by atoms with Gasteiger partial charge in [-0.25, -0.2) is 0 Å². The average Bonchev–Trinajstić information content (AvgIpc) is 3.22. The lowest BCUT2D eigenvalue weighted by Gasteiger charge is -2.17. The number of rotatable bonds is 6. The molecule has 6 heteroatoms. The second-order valence-corrected chi connectivity index (χ2v) is 6.60. The number of nitrogens with zero attached hydrogens (tertiary/aromatic N) is 1. The van der Waals surface area contributed by atoms with E-state index in [0.29, 0.717) is 23.3 Å². The van der Waals surface area contributed by atoms with Gasteiger partial charge in [0, 0.05) is 18.2 Å². The Morgan fingerprint density at radius 1 is 1.24 bits per heavy atom. The largest absolute Gasteiger partial charge is 0.376 e. The van der Waals surface area contributed by atoms with Crippen LogP contribution in [0.5, 0.6) is 0 Å². The summed E-state index contributed by atoms with van der Waals surface area (Å²) in [4.78, 5) is 38.7. The molecule has 3 rings (SSSR count). The summed E-state index contributed by atoms with van der Waals surface area (Å²) in [5.41, 5.74) is 1.08. The predicted octanol–water partition coefficient (Wildman–Crippen LogP) is 2.38. The van der Waals surface area contributed by atoms with Crippen molar-refractivity contribution in [3.8, 4) is 0 Å². The van der Waals surface area contributed by atoms with Crippen molar-refractivity contribution in [2.24, 2.45) is 0 Å². The van der Waals surface area contributed by atoms with Gasteiger partial charge in [-0.2, -0.15) is 0 Å². The summed E-state index contributed by atoms with van der Waals surface area (Å²) in [5, 5.41) is 2.95. The third-order valence-electron chi connectivity index (χ3n) is 4.96. The van der Waals surface area contributed by atoms with Gasteiger partial charge < -0.3 is 10.1 Å². The molecule has 1 unspecified atom stereocenters. The Hall–Kier alpha value is -2.21. The number of hydrogen-bond acceptors (Lipinski definition) is 4. The molecular formula is C19H24N2O4. The Bertz CT molecular complexity index is 691. The Labute approximate surface area is 147 Å². The summed E-state index contributed by atoms with van der Waals surface area (Å²) in [6.07, 6.45) is 3.42. The minimum atomic E-state index is -0.340. The lowest BCUT2D eigenvalue weighted by atomic mass is 10.0. The topological polar surface area (TPSA) is 75.7 Å². The zero-order valence-corrected chi connectivity index (χ0v) is 14.7. The van der Waals surface area contributed by atoms with Crippen LogP contribution < -0.4 is 5.32 Å². The number of imide groups is 1. The molecule has 134 valence electrons. The molecule has 2 aliphatic rings. The maximum absolute atomic E-state index is 12.6. The van der Waals surface area contributed by atoms with Crippen LogP contribution in [0.4, 0.5) is 0 Å². The molecule has 1 N–H and O–H groups in total. The van der Waals surface area contributed by atoms with Gasteiger partial charge in [0.25, 0.3) is 17.7 Å². The first-order valence-corrected chi connectivity index (χ1v) is 8.97. The molecule has 1 saturated heterocycles. The van der Waals surface area contributed by atoms with E-state index in [1.54, 1.807) is 12.1 Å². The van der Waals surface area contributed by atoms with E-state index in [-0.39, 0.29) is 36.4 Å². The second kappa shape index (κ2) is 7.35. The van der Waals surface area contributed by atoms with Crippen LogP contribution in [-0.4, -0.2) is 47.9 Å². The first-order chi connectivity index (χ1) is 12.0. The van der Waals surface area contributed by atoms with Gasteiger partial charge in [-0.1, -0.05) is 13.8 Å². The highest BCUT2D eigenvalue weighted by Gasteiger charge is 2.37. The molecule has 1 atom stereocenters. The summed E-state index contributed by atoms with van der Waals surface area (Å²) in [5.74, 6) is -0.857. The number of amides is 3. The third-order valence-corrected chi connectivity index (χ3v) is 4.96. The molecule has 0 aliphatic carbocycles. The van der Waals surface area contributed by atoms with E-state index >= 15 is 0 Å². The van der Waals surface area contributed by atoms with E-state index in [4.69, 9.17) is 4.74 Å². The minimum Gasteiger partial charge on any atom is -0.376 e. The quantitative estimate of drug-likeness (QED) is 0.804. The van der Waals surface area contributed by atoms with Crippen molar-refractivity contribution in [1.82, 2.24) is 10.2 Å². The summed E-state index contributed by atoms with van der Waals surface area (Å²) in [6, 6.07) is 4.82. The van der Waals surface area contributed by atoms with Gasteiger partial charge in [0.05, 0.1) is 23.8 Å². The monoisotopic (exact) mass is 344 g/mol. The lowest BCUT2D eigenvalue weighted by Crippen LogP contribution is -2.36. The molecule has 1 fully saturated rings. The Morgan fingerprint density at radius 3 is 2.60 bits per heavy atom. The highest BCUT2D eigenvalue weighted by Crippen LogP contribution is 2.26. The highest BCUT2D eigenvalue weighted by molar-refractivity contribution is 6.22. The van der Waals surface area contributed by atoms with Crippen molar-refractivity contribution < 1.29 is 19.1 Å². The molecule has 0 aromatic heterocycles. The van der Waals surface area contributed by atoms with Crippen LogP contribution in [0.3, 0.4) is 0 Å². The van der Waals surface area contributed by atoms with E-state index in [1.807, 2.05) is 13.8 Å². The number of carbonyl (C=O) groups excluding carboxylic acids is 3. The molecule has 0 bridgehead atoms. The van der Waals surface area contributed by atoms with E-state index < -0.39 is 0 Å². The molecule has 0 spiro atoms. The molecule has 1 aromatic carbocycles. The number of ether oxygens (including phenoxy) is 1. The van der Waals surface area contributed by atoms with Gasteiger partial charge >= 0.3 is 0 Å². The fourth-order valence-corrected chi connectivity index (χ4v) is 3.35. The van der Waals surface area contributed by atoms with Crippen molar-refractivity contribution in [3.63, 3.8) is 0 Å². The molecule has 6 nitrogen and oxygen atoms in total. The Kier molecular flexibility index (Phi) is 5.18. The number of carbonyl (C=O) groups is 3. The van der Waals surface area contributed by atoms with E-state index in [2.05, 4.69) is 5.32 Å². The van der Waals surface area contributed by atoms with Gasteiger partial charge in [-0.05, 0) is 43.9 Å². The predicted molar refractivity (Wildman–Crippen MR) is 92.6 cm³/mol. The smallest absolute Gasteiger partial charge is 0.261 e. The van der Waals surface area contributed by atoms with Gasteiger partial charge in [0.1, 0.15) is 0 Å². The van der Waals surface area contributed by atoms with Crippen LogP contribution in [0.1, 0.15) is 70.6 Å². The van der Waals surface area contributed by atoms with Crippen molar-refractivity contribution in [2.45, 2.75) is 51.7 Å². The standard InChI is InChI=1S/C19H24N2O4/c1-3-13(4-2)20-17(22)12-7-8-15-16(10-12)19(24)21(18(15)23)11-14-6-5-9-25-14/h7-8,10,13-14H,3-6,9,11H2,1-2H3,(H,20,22). The molecule has 3 amide bonds. The Balaban J connectivity index is 1.77. The average molecular weight is 344 g/mol. The zero-order valence-electron chi connectivity index (χ0n) is 14.7. The molecule has 25 heavy (non-hydrogen) atoms. The molecule has 2 heterocycles. The molecule has 2 aliphatic heterocycles. The minimum absolute atomic E-state index is 0.0835. The van der Waals surface area contributed by atoms with Crippen LogP contribution >= 0.6 is 0 Å². The van der Waals surface area contributed by atoms with Crippen molar-refractivity contribution >= 4 is 17.7 Å². The molecule has 0 saturated carbocycles. The van der Waals surface area contributed by atoms with Gasteiger partial charge in [0.2, 0.25) is 0 Å². The van der Waals surface area contributed by atoms with E-state index in [1.165, 1.54) is 11.0 Å². The summed E-state index contributed by atoms with van der Waals surface area (Å²) in [6.45, 7) is 4.99. The van der Waals surface area contributed by atoms with Gasteiger partial charge in [0.15, 0.2) is 0 Å². The fraction of sp³-hybridized carbons (Fsp3) is 0.526. The first kappa shape index (κ1) is 17.6. The van der Waals surface area contributed by atoms with Crippen LogP contribution in [0.25, 0.3) is 0 Å². The fourth-order valence-electron chi connectivity index (χ4n) is 3.35. The van der Waals surface area contributed by atoms with Crippen LogP contribution in [0, 0.1) is 0 Å². The second-order valence-electron chi connectivity index (χ2n) is 6.60. The lowest BCUT2D eigenvalue weighted by molar-refractivity contribution is 0.0475. The molecular weight excluding hydrogens is 320 g/mol. The van der Waals surface area contributed by atoms with Crippen molar-refractivity contribution in [3.05, 3.63) is 34.9 Å². The SMILES string of the molecule is CCC(CC)NC(=O)c1ccc2c(c1)C(=O)N(CC1CCCO1)C2=O. The summed E-state index contributed by atoms with van der Waals surface area (Å²) < 4.78 is 5.53. The van der Waals surface area contributed by atoms with Crippen LogP contribution in [-0.2, 0) is 4.74 Å². The zero-order chi connectivity index (χ0) is 18.0. The van der Waals surface area contributed by atoms with Gasteiger partial charge in [-0.15, -0.1) is 0 Å². The number of fused-ring (bicyclic) bond motifs is 1. The van der Waals surface area contributed by atoms with Crippen LogP contribution in [0.2, 0.25) is 0 Å². The maximum atomic E-state index is 12.6. The van der Waals surface area contributed by atoms with Crippen molar-refractivity contribution in [1.29, 1.82) is 0 Å². The normalized spacial score (nSPS) is 19.6. The van der Waals surface area contributed by atoms with Crippen molar-refractivity contribution in [2.75, 3.05) is 13.2 Å². The number of benzene rings is 1. The number of hydrogen-bond donors (Lipinski definition) is 1.